The molecule has 1 aliphatic rings. The van der Waals surface area contributed by atoms with Crippen molar-refractivity contribution >= 4 is 22.8 Å². The minimum atomic E-state index is -0.777. The SMILES string of the molecule is O=C(NC1CCC(C(=O)O)C1)c1cccc2ncccc12. The second-order valence-electron chi connectivity index (χ2n) is 5.39. The standard InChI is InChI=1S/C16H16N2O3/c19-15(18-11-7-6-10(9-11)16(20)21)13-3-1-5-14-12(13)4-2-8-17-14/h1-5,8,10-11H,6-7,9H2,(H,18,19)(H,20,21). The highest BCUT2D eigenvalue weighted by atomic mass is 16.4. The normalized spacial score (nSPS) is 21.3. The maximum absolute atomic E-state index is 12.4. The fraction of sp³-hybridized carbons (Fsp3) is 0.312. The van der Waals surface area contributed by atoms with E-state index < -0.39 is 5.97 Å². The van der Waals surface area contributed by atoms with Gasteiger partial charge < -0.3 is 10.4 Å². The Hall–Kier alpha value is -2.43. The molecular formula is C16H16N2O3. The van der Waals surface area contributed by atoms with Gasteiger partial charge in [0.15, 0.2) is 0 Å². The number of rotatable bonds is 3. The molecule has 5 heteroatoms. The molecule has 2 aromatic rings. The molecule has 2 unspecified atom stereocenters. The Morgan fingerprint density at radius 1 is 1.19 bits per heavy atom. The summed E-state index contributed by atoms with van der Waals surface area (Å²) >= 11 is 0. The van der Waals surface area contributed by atoms with Crippen molar-refractivity contribution in [2.24, 2.45) is 5.92 Å². The number of carboxylic acid groups (broad SMARTS) is 1. The number of nitrogens with one attached hydrogen (secondary N) is 1. The summed E-state index contributed by atoms with van der Waals surface area (Å²) in [6.45, 7) is 0. The Morgan fingerprint density at radius 3 is 2.81 bits per heavy atom. The van der Waals surface area contributed by atoms with Gasteiger partial charge in [-0.3, -0.25) is 14.6 Å². The van der Waals surface area contributed by atoms with E-state index in [1.807, 2.05) is 12.1 Å². The summed E-state index contributed by atoms with van der Waals surface area (Å²) in [7, 11) is 0. The lowest BCUT2D eigenvalue weighted by Crippen LogP contribution is -2.33. The molecule has 1 amide bonds. The molecule has 0 spiro atoms. The number of carbonyl (C=O) groups is 2. The van der Waals surface area contributed by atoms with E-state index in [-0.39, 0.29) is 17.9 Å². The van der Waals surface area contributed by atoms with Gasteiger partial charge in [0, 0.05) is 23.2 Å². The van der Waals surface area contributed by atoms with E-state index in [1.165, 1.54) is 0 Å². The number of hydrogen-bond acceptors (Lipinski definition) is 3. The highest BCUT2D eigenvalue weighted by Gasteiger charge is 2.30. The van der Waals surface area contributed by atoms with Crippen LogP contribution in [0.5, 0.6) is 0 Å². The molecule has 0 aliphatic heterocycles. The topological polar surface area (TPSA) is 79.3 Å². The molecule has 0 bridgehead atoms. The summed E-state index contributed by atoms with van der Waals surface area (Å²) < 4.78 is 0. The van der Waals surface area contributed by atoms with Crippen molar-refractivity contribution in [2.45, 2.75) is 25.3 Å². The molecule has 1 saturated carbocycles. The molecule has 1 aliphatic carbocycles. The lowest BCUT2D eigenvalue weighted by molar-refractivity contribution is -0.141. The van der Waals surface area contributed by atoms with E-state index in [9.17, 15) is 9.59 Å². The van der Waals surface area contributed by atoms with Crippen molar-refractivity contribution in [3.63, 3.8) is 0 Å². The van der Waals surface area contributed by atoms with Crippen LogP contribution in [0.2, 0.25) is 0 Å². The van der Waals surface area contributed by atoms with Crippen molar-refractivity contribution in [3.05, 3.63) is 42.1 Å². The first kappa shape index (κ1) is 13.5. The van der Waals surface area contributed by atoms with Crippen molar-refractivity contribution in [3.8, 4) is 0 Å². The van der Waals surface area contributed by atoms with Crippen molar-refractivity contribution in [2.75, 3.05) is 0 Å². The molecule has 0 saturated heterocycles. The number of benzene rings is 1. The predicted octanol–water partition coefficient (Wildman–Crippen LogP) is 2.22. The Kier molecular flexibility index (Phi) is 3.56. The predicted molar refractivity (Wildman–Crippen MR) is 78.0 cm³/mol. The minimum absolute atomic E-state index is 0.0643. The van der Waals surface area contributed by atoms with Gasteiger partial charge in [-0.2, -0.15) is 0 Å². The van der Waals surface area contributed by atoms with Crippen LogP contribution in [0.3, 0.4) is 0 Å². The number of carbonyl (C=O) groups excluding carboxylic acids is 1. The van der Waals surface area contributed by atoms with Gasteiger partial charge >= 0.3 is 5.97 Å². The van der Waals surface area contributed by atoms with Crippen molar-refractivity contribution in [1.29, 1.82) is 0 Å². The van der Waals surface area contributed by atoms with Crippen LogP contribution in [0.1, 0.15) is 29.6 Å². The van der Waals surface area contributed by atoms with E-state index >= 15 is 0 Å². The van der Waals surface area contributed by atoms with Crippen molar-refractivity contribution < 1.29 is 14.7 Å². The zero-order valence-corrected chi connectivity index (χ0v) is 11.5. The smallest absolute Gasteiger partial charge is 0.306 e. The van der Waals surface area contributed by atoms with Crippen LogP contribution in [0.4, 0.5) is 0 Å². The molecule has 1 fully saturated rings. The van der Waals surface area contributed by atoms with Crippen LogP contribution in [-0.4, -0.2) is 28.0 Å². The number of fused-ring (bicyclic) bond motifs is 1. The van der Waals surface area contributed by atoms with Crippen LogP contribution >= 0.6 is 0 Å². The number of aliphatic carboxylic acids is 1. The highest BCUT2D eigenvalue weighted by Crippen LogP contribution is 2.26. The number of amides is 1. The first-order chi connectivity index (χ1) is 10.1. The van der Waals surface area contributed by atoms with Gasteiger partial charge in [-0.1, -0.05) is 12.1 Å². The summed E-state index contributed by atoms with van der Waals surface area (Å²) in [5, 5.41) is 12.8. The lowest BCUT2D eigenvalue weighted by Gasteiger charge is -2.13. The van der Waals surface area contributed by atoms with Gasteiger partial charge in [0.2, 0.25) is 0 Å². The Bertz CT molecular complexity index is 693. The number of pyridine rings is 1. The molecular weight excluding hydrogens is 268 g/mol. The van der Waals surface area contributed by atoms with Crippen molar-refractivity contribution in [1.82, 2.24) is 10.3 Å². The van der Waals surface area contributed by atoms with E-state index in [2.05, 4.69) is 10.3 Å². The lowest BCUT2D eigenvalue weighted by atomic mass is 10.1. The fourth-order valence-corrected chi connectivity index (χ4v) is 2.90. The zero-order valence-electron chi connectivity index (χ0n) is 11.5. The van der Waals surface area contributed by atoms with E-state index in [1.54, 1.807) is 24.4 Å². The third-order valence-corrected chi connectivity index (χ3v) is 4.01. The average Bonchev–Trinajstić information content (AvgIpc) is 2.95. The maximum Gasteiger partial charge on any atom is 0.306 e. The summed E-state index contributed by atoms with van der Waals surface area (Å²) in [5.74, 6) is -1.28. The van der Waals surface area contributed by atoms with E-state index in [0.29, 0.717) is 24.8 Å². The van der Waals surface area contributed by atoms with Crippen LogP contribution in [0, 0.1) is 5.92 Å². The van der Waals surface area contributed by atoms with Crippen LogP contribution in [-0.2, 0) is 4.79 Å². The Labute approximate surface area is 122 Å². The molecule has 0 radical (unpaired) electrons. The largest absolute Gasteiger partial charge is 0.481 e. The number of hydrogen-bond donors (Lipinski definition) is 2. The Morgan fingerprint density at radius 2 is 2.05 bits per heavy atom. The van der Waals surface area contributed by atoms with E-state index in [0.717, 1.165) is 10.9 Å². The van der Waals surface area contributed by atoms with Crippen LogP contribution in [0.25, 0.3) is 10.9 Å². The third kappa shape index (κ3) is 2.72. The molecule has 5 nitrogen and oxygen atoms in total. The molecule has 1 aromatic carbocycles. The monoisotopic (exact) mass is 284 g/mol. The van der Waals surface area contributed by atoms with Gasteiger partial charge in [0.1, 0.15) is 0 Å². The van der Waals surface area contributed by atoms with E-state index in [4.69, 9.17) is 5.11 Å². The van der Waals surface area contributed by atoms with Crippen LogP contribution < -0.4 is 5.32 Å². The quantitative estimate of drug-likeness (QED) is 0.905. The Balaban J connectivity index is 1.78. The van der Waals surface area contributed by atoms with Gasteiger partial charge in [0.05, 0.1) is 11.4 Å². The summed E-state index contributed by atoms with van der Waals surface area (Å²) in [5.41, 5.74) is 1.36. The maximum atomic E-state index is 12.4. The average molecular weight is 284 g/mol. The first-order valence-corrected chi connectivity index (χ1v) is 7.02. The number of nitrogens with zero attached hydrogens (tertiary/aromatic N) is 1. The summed E-state index contributed by atoms with van der Waals surface area (Å²) in [6.07, 6.45) is 3.53. The van der Waals surface area contributed by atoms with Crippen LogP contribution in [0.15, 0.2) is 36.5 Å². The second kappa shape index (κ2) is 5.52. The highest BCUT2D eigenvalue weighted by molar-refractivity contribution is 6.06. The minimum Gasteiger partial charge on any atom is -0.481 e. The van der Waals surface area contributed by atoms with Gasteiger partial charge in [-0.25, -0.2) is 0 Å². The molecule has 1 aromatic heterocycles. The second-order valence-corrected chi connectivity index (χ2v) is 5.39. The molecule has 21 heavy (non-hydrogen) atoms. The van der Waals surface area contributed by atoms with Gasteiger partial charge in [0.25, 0.3) is 5.91 Å². The van der Waals surface area contributed by atoms with Gasteiger partial charge in [-0.05, 0) is 37.5 Å². The third-order valence-electron chi connectivity index (χ3n) is 4.01. The first-order valence-electron chi connectivity index (χ1n) is 7.02. The number of carboxylic acids is 1. The zero-order chi connectivity index (χ0) is 14.8. The molecule has 2 N–H and O–H groups in total. The van der Waals surface area contributed by atoms with Gasteiger partial charge in [-0.15, -0.1) is 0 Å². The molecule has 1 heterocycles. The fourth-order valence-electron chi connectivity index (χ4n) is 2.90. The summed E-state index contributed by atoms with van der Waals surface area (Å²) in [4.78, 5) is 27.6. The number of aromatic nitrogens is 1. The molecule has 108 valence electrons. The molecule has 2 atom stereocenters. The summed E-state index contributed by atoms with van der Waals surface area (Å²) in [6, 6.07) is 9.04. The molecule has 3 rings (SSSR count).